The van der Waals surface area contributed by atoms with Gasteiger partial charge in [-0.25, -0.2) is 0 Å². The van der Waals surface area contributed by atoms with Crippen LogP contribution in [-0.4, -0.2) is 23.6 Å². The minimum Gasteiger partial charge on any atom is -0.497 e. The maximum absolute atomic E-state index is 13.3. The Morgan fingerprint density at radius 3 is 2.60 bits per heavy atom. The van der Waals surface area contributed by atoms with Gasteiger partial charge in [-0.15, -0.1) is 0 Å². The highest BCUT2D eigenvalue weighted by Gasteiger charge is 2.29. The van der Waals surface area contributed by atoms with E-state index in [9.17, 15) is 9.59 Å². The van der Waals surface area contributed by atoms with Crippen molar-refractivity contribution < 1.29 is 9.53 Å². The molecule has 5 nitrogen and oxygen atoms in total. The number of carbonyl (C=O) groups is 1. The number of benzene rings is 2. The maximum Gasteiger partial charge on any atom is 0.262 e. The van der Waals surface area contributed by atoms with Crippen LogP contribution in [0.15, 0.2) is 59.5 Å². The van der Waals surface area contributed by atoms with Gasteiger partial charge in [-0.3, -0.25) is 14.2 Å². The lowest BCUT2D eigenvalue weighted by molar-refractivity contribution is 0.0892. The summed E-state index contributed by atoms with van der Waals surface area (Å²) < 4.78 is 6.84. The average Bonchev–Trinajstić information content (AvgIpc) is 2.77. The fourth-order valence-electron chi connectivity index (χ4n) is 4.46. The lowest BCUT2D eigenvalue weighted by Crippen LogP contribution is -2.44. The van der Waals surface area contributed by atoms with Gasteiger partial charge in [0.25, 0.3) is 11.5 Å². The first-order chi connectivity index (χ1) is 14.5. The Morgan fingerprint density at radius 1 is 1.07 bits per heavy atom. The van der Waals surface area contributed by atoms with Crippen LogP contribution in [0.5, 0.6) is 5.75 Å². The molecule has 1 fully saturated rings. The Labute approximate surface area is 176 Å². The van der Waals surface area contributed by atoms with E-state index in [4.69, 9.17) is 4.74 Å². The Morgan fingerprint density at radius 2 is 1.83 bits per heavy atom. The van der Waals surface area contributed by atoms with Gasteiger partial charge in [0.15, 0.2) is 0 Å². The molecule has 3 atom stereocenters. The van der Waals surface area contributed by atoms with E-state index in [0.29, 0.717) is 39.6 Å². The van der Waals surface area contributed by atoms with Crippen LogP contribution in [-0.2, 0) is 0 Å². The fraction of sp³-hybridized carbons (Fsp3) is 0.360. The van der Waals surface area contributed by atoms with Gasteiger partial charge < -0.3 is 10.1 Å². The van der Waals surface area contributed by atoms with Crippen molar-refractivity contribution in [3.8, 4) is 11.4 Å². The van der Waals surface area contributed by atoms with Crippen molar-refractivity contribution in [2.75, 3.05) is 7.11 Å². The third-order valence-electron chi connectivity index (χ3n) is 6.52. The van der Waals surface area contributed by atoms with E-state index in [1.807, 2.05) is 36.4 Å². The Kier molecular flexibility index (Phi) is 5.62. The smallest absolute Gasteiger partial charge is 0.262 e. The highest BCUT2D eigenvalue weighted by atomic mass is 16.5. The molecule has 0 saturated heterocycles. The van der Waals surface area contributed by atoms with E-state index in [1.165, 1.54) is 11.0 Å². The Bertz CT molecular complexity index is 1130. The highest BCUT2D eigenvalue weighted by molar-refractivity contribution is 6.06. The summed E-state index contributed by atoms with van der Waals surface area (Å²) in [6, 6.07) is 14.7. The first-order valence-corrected chi connectivity index (χ1v) is 10.6. The van der Waals surface area contributed by atoms with Crippen molar-refractivity contribution in [2.24, 2.45) is 11.8 Å². The Balaban J connectivity index is 1.80. The normalized spacial score (nSPS) is 21.4. The molecular weight excluding hydrogens is 376 g/mol. The van der Waals surface area contributed by atoms with E-state index in [1.54, 1.807) is 25.4 Å². The number of methoxy groups -OCH3 is 1. The molecule has 156 valence electrons. The SMILES string of the molecule is COc1cccc(-n2cc(C(=O)N[C@@H]3CCC[C@H](C)[C@H]3C)c3ccccc3c2=O)c1. The predicted octanol–water partition coefficient (Wildman–Crippen LogP) is 4.55. The number of fused-ring (bicyclic) bond motifs is 1. The van der Waals surface area contributed by atoms with Crippen molar-refractivity contribution in [2.45, 2.75) is 39.2 Å². The first-order valence-electron chi connectivity index (χ1n) is 10.6. The number of hydrogen-bond donors (Lipinski definition) is 1. The van der Waals surface area contributed by atoms with Crippen LogP contribution in [0.4, 0.5) is 0 Å². The lowest BCUT2D eigenvalue weighted by Gasteiger charge is -2.34. The second-order valence-corrected chi connectivity index (χ2v) is 8.31. The van der Waals surface area contributed by atoms with Crippen LogP contribution < -0.4 is 15.6 Å². The number of hydrogen-bond acceptors (Lipinski definition) is 3. The summed E-state index contributed by atoms with van der Waals surface area (Å²) in [5, 5.41) is 4.45. The van der Waals surface area contributed by atoms with Crippen LogP contribution >= 0.6 is 0 Å². The molecule has 4 rings (SSSR count). The number of carbonyl (C=O) groups excluding carboxylic acids is 1. The van der Waals surface area contributed by atoms with E-state index in [2.05, 4.69) is 19.2 Å². The van der Waals surface area contributed by atoms with Gasteiger partial charge >= 0.3 is 0 Å². The van der Waals surface area contributed by atoms with Gasteiger partial charge in [0.1, 0.15) is 5.75 Å². The molecule has 1 N–H and O–H groups in total. The van der Waals surface area contributed by atoms with Crippen LogP contribution in [0.3, 0.4) is 0 Å². The predicted molar refractivity (Wildman–Crippen MR) is 120 cm³/mol. The molecular formula is C25H28N2O3. The van der Waals surface area contributed by atoms with Crippen LogP contribution in [0, 0.1) is 11.8 Å². The quantitative estimate of drug-likeness (QED) is 0.694. The minimum absolute atomic E-state index is 0.131. The monoisotopic (exact) mass is 404 g/mol. The molecule has 0 radical (unpaired) electrons. The molecule has 0 aliphatic heterocycles. The van der Waals surface area contributed by atoms with E-state index in [0.717, 1.165) is 12.8 Å². The third-order valence-corrected chi connectivity index (χ3v) is 6.52. The number of nitrogens with zero attached hydrogens (tertiary/aromatic N) is 1. The van der Waals surface area contributed by atoms with Crippen molar-refractivity contribution in [3.05, 3.63) is 70.6 Å². The zero-order valence-electron chi connectivity index (χ0n) is 17.7. The molecule has 0 spiro atoms. The largest absolute Gasteiger partial charge is 0.497 e. The molecule has 1 aliphatic rings. The number of ether oxygens (including phenoxy) is 1. The third kappa shape index (κ3) is 3.72. The second-order valence-electron chi connectivity index (χ2n) is 8.31. The van der Waals surface area contributed by atoms with Gasteiger partial charge in [0.05, 0.1) is 18.4 Å². The summed E-state index contributed by atoms with van der Waals surface area (Å²) in [6.07, 6.45) is 4.98. The molecule has 0 unspecified atom stereocenters. The van der Waals surface area contributed by atoms with Crippen molar-refractivity contribution in [3.63, 3.8) is 0 Å². The summed E-state index contributed by atoms with van der Waals surface area (Å²) in [6.45, 7) is 4.46. The van der Waals surface area contributed by atoms with E-state index < -0.39 is 0 Å². The van der Waals surface area contributed by atoms with Crippen LogP contribution in [0.25, 0.3) is 16.5 Å². The van der Waals surface area contributed by atoms with E-state index >= 15 is 0 Å². The van der Waals surface area contributed by atoms with Crippen molar-refractivity contribution >= 4 is 16.7 Å². The molecule has 1 amide bonds. The summed E-state index contributed by atoms with van der Waals surface area (Å²) in [7, 11) is 1.59. The van der Waals surface area contributed by atoms with Gasteiger partial charge in [0, 0.05) is 29.1 Å². The molecule has 30 heavy (non-hydrogen) atoms. The standard InChI is InChI=1S/C25H28N2O3/c1-16-8-6-13-23(17(16)2)26-24(28)22-15-27(18-9-7-10-19(14-18)30-3)25(29)21-12-5-4-11-20(21)22/h4-5,7,9-12,14-17,23H,6,8,13H2,1-3H3,(H,26,28)/t16-,17+,23+/m0/s1. The van der Waals surface area contributed by atoms with Crippen LogP contribution in [0.1, 0.15) is 43.5 Å². The van der Waals surface area contributed by atoms with Gasteiger partial charge in [-0.2, -0.15) is 0 Å². The summed E-state index contributed by atoms with van der Waals surface area (Å²) in [4.78, 5) is 26.5. The van der Waals surface area contributed by atoms with Gasteiger partial charge in [-0.1, -0.05) is 51.0 Å². The summed E-state index contributed by atoms with van der Waals surface area (Å²) >= 11 is 0. The zero-order chi connectivity index (χ0) is 21.3. The van der Waals surface area contributed by atoms with Crippen molar-refractivity contribution in [1.82, 2.24) is 9.88 Å². The molecule has 1 aliphatic carbocycles. The van der Waals surface area contributed by atoms with Crippen LogP contribution in [0.2, 0.25) is 0 Å². The number of pyridine rings is 1. The molecule has 1 saturated carbocycles. The average molecular weight is 405 g/mol. The lowest BCUT2D eigenvalue weighted by atomic mass is 9.78. The topological polar surface area (TPSA) is 60.3 Å². The van der Waals surface area contributed by atoms with Crippen molar-refractivity contribution in [1.29, 1.82) is 0 Å². The number of aromatic nitrogens is 1. The molecule has 3 aromatic rings. The van der Waals surface area contributed by atoms with E-state index in [-0.39, 0.29) is 17.5 Å². The molecule has 0 bridgehead atoms. The minimum atomic E-state index is -0.157. The highest BCUT2D eigenvalue weighted by Crippen LogP contribution is 2.30. The summed E-state index contributed by atoms with van der Waals surface area (Å²) in [5.74, 6) is 1.54. The second kappa shape index (κ2) is 8.34. The Hall–Kier alpha value is -3.08. The molecule has 2 aromatic carbocycles. The molecule has 1 aromatic heterocycles. The number of amides is 1. The fourth-order valence-corrected chi connectivity index (χ4v) is 4.46. The molecule has 1 heterocycles. The first kappa shape index (κ1) is 20.2. The van der Waals surface area contributed by atoms with Gasteiger partial charge in [0.2, 0.25) is 0 Å². The zero-order valence-corrected chi connectivity index (χ0v) is 17.7. The summed E-state index contributed by atoms with van der Waals surface area (Å²) in [5.41, 5.74) is 1.02. The number of rotatable bonds is 4. The van der Waals surface area contributed by atoms with Gasteiger partial charge in [-0.05, 0) is 36.5 Å². The number of nitrogens with one attached hydrogen (secondary N) is 1. The molecule has 5 heteroatoms. The maximum atomic E-state index is 13.3.